The first-order valence-electron chi connectivity index (χ1n) is 9.96. The number of benzene rings is 2. The molecule has 1 heterocycles. The quantitative estimate of drug-likeness (QED) is 0.478. The van der Waals surface area contributed by atoms with Crippen LogP contribution in [0.4, 0.5) is 0 Å². The van der Waals surface area contributed by atoms with E-state index in [2.05, 4.69) is 32.7 Å². The van der Waals surface area contributed by atoms with Crippen LogP contribution in [0.1, 0.15) is 26.4 Å². The Morgan fingerprint density at radius 2 is 1.70 bits per heavy atom. The number of H-pyrrole nitrogens is 1. The van der Waals surface area contributed by atoms with Crippen molar-refractivity contribution in [2.45, 2.75) is 0 Å². The molecule has 0 unspecified atom stereocenters. The molecule has 3 aromatic rings. The Hall–Kier alpha value is -4.45. The monoisotopic (exact) mass is 448 g/mol. The van der Waals surface area contributed by atoms with E-state index in [0.29, 0.717) is 39.6 Å². The lowest BCUT2D eigenvalue weighted by Gasteiger charge is -2.13. The van der Waals surface area contributed by atoms with Crippen molar-refractivity contribution in [3.05, 3.63) is 59.3 Å². The van der Waals surface area contributed by atoms with Crippen molar-refractivity contribution in [2.24, 2.45) is 0 Å². The second-order valence-electron chi connectivity index (χ2n) is 6.69. The van der Waals surface area contributed by atoms with Gasteiger partial charge in [0.2, 0.25) is 5.75 Å². The molecule has 170 valence electrons. The van der Waals surface area contributed by atoms with Crippen LogP contribution in [0.2, 0.25) is 0 Å². The van der Waals surface area contributed by atoms with E-state index in [9.17, 15) is 9.59 Å². The average molecular weight is 448 g/mol. The molecular weight excluding hydrogens is 424 g/mol. The summed E-state index contributed by atoms with van der Waals surface area (Å²) in [5, 5.41) is 12.2. The summed E-state index contributed by atoms with van der Waals surface area (Å²) < 4.78 is 16.1. The number of ether oxygens (including phenoxy) is 3. The minimum atomic E-state index is -0.366. The summed E-state index contributed by atoms with van der Waals surface area (Å²) in [5.74, 6) is 6.61. The zero-order valence-corrected chi connectivity index (χ0v) is 18.7. The van der Waals surface area contributed by atoms with Gasteiger partial charge in [0.25, 0.3) is 11.8 Å². The minimum Gasteiger partial charge on any atom is -0.493 e. The van der Waals surface area contributed by atoms with Crippen LogP contribution in [0.5, 0.6) is 17.2 Å². The fourth-order valence-electron chi connectivity index (χ4n) is 3.10. The van der Waals surface area contributed by atoms with Crippen LogP contribution in [-0.4, -0.2) is 56.9 Å². The standard InChI is InChI=1S/C24H24N4O5/c1-25-23(29)17-10-6-5-8-15(17)9-7-11-26-24(30)19-14-18(27-28-19)16-12-20(31-2)22(33-4)21(13-16)32-3/h5-6,8,10,12-14H,11H2,1-4H3,(H,25,29)(H,26,30)(H,27,28). The van der Waals surface area contributed by atoms with Crippen LogP contribution < -0.4 is 24.8 Å². The van der Waals surface area contributed by atoms with Gasteiger partial charge >= 0.3 is 0 Å². The molecule has 2 amide bonds. The first-order valence-corrected chi connectivity index (χ1v) is 9.96. The van der Waals surface area contributed by atoms with Crippen LogP contribution in [0.15, 0.2) is 42.5 Å². The molecule has 0 saturated carbocycles. The number of aromatic nitrogens is 2. The predicted octanol–water partition coefficient (Wildman–Crippen LogP) is 2.24. The highest BCUT2D eigenvalue weighted by Crippen LogP contribution is 2.40. The third-order valence-corrected chi connectivity index (χ3v) is 4.74. The molecule has 0 aliphatic heterocycles. The van der Waals surface area contributed by atoms with Gasteiger partial charge in [-0.3, -0.25) is 14.7 Å². The molecule has 9 nitrogen and oxygen atoms in total. The molecule has 2 aromatic carbocycles. The van der Waals surface area contributed by atoms with Gasteiger partial charge in [0.1, 0.15) is 5.69 Å². The summed E-state index contributed by atoms with van der Waals surface area (Å²) in [7, 11) is 6.14. The summed E-state index contributed by atoms with van der Waals surface area (Å²) in [6.45, 7) is 0.0967. The zero-order chi connectivity index (χ0) is 23.8. The third kappa shape index (κ3) is 5.25. The van der Waals surface area contributed by atoms with Gasteiger partial charge in [-0.15, -0.1) is 0 Å². The first kappa shape index (κ1) is 23.2. The number of hydrogen-bond donors (Lipinski definition) is 3. The van der Waals surface area contributed by atoms with Crippen LogP contribution >= 0.6 is 0 Å². The topological polar surface area (TPSA) is 115 Å². The van der Waals surface area contributed by atoms with Gasteiger partial charge in [-0.2, -0.15) is 5.10 Å². The maximum Gasteiger partial charge on any atom is 0.270 e. The maximum absolute atomic E-state index is 12.5. The molecule has 0 fully saturated rings. The summed E-state index contributed by atoms with van der Waals surface area (Å²) in [6.07, 6.45) is 0. The first-order chi connectivity index (χ1) is 16.0. The van der Waals surface area contributed by atoms with Crippen molar-refractivity contribution in [1.82, 2.24) is 20.8 Å². The molecule has 0 spiro atoms. The van der Waals surface area contributed by atoms with Crippen LogP contribution in [0.25, 0.3) is 11.3 Å². The Labute approximate surface area is 191 Å². The van der Waals surface area contributed by atoms with E-state index in [1.54, 1.807) is 49.5 Å². The van der Waals surface area contributed by atoms with E-state index >= 15 is 0 Å². The Balaban J connectivity index is 1.71. The van der Waals surface area contributed by atoms with E-state index in [1.807, 2.05) is 0 Å². The average Bonchev–Trinajstić information content (AvgIpc) is 3.35. The number of hydrogen-bond acceptors (Lipinski definition) is 6. The molecule has 33 heavy (non-hydrogen) atoms. The summed E-state index contributed by atoms with van der Waals surface area (Å²) >= 11 is 0. The van der Waals surface area contributed by atoms with E-state index in [1.165, 1.54) is 21.3 Å². The van der Waals surface area contributed by atoms with Crippen LogP contribution in [-0.2, 0) is 0 Å². The molecule has 3 N–H and O–H groups in total. The number of nitrogens with zero attached hydrogens (tertiary/aromatic N) is 1. The second kappa shape index (κ2) is 10.7. The molecule has 0 saturated heterocycles. The zero-order valence-electron chi connectivity index (χ0n) is 18.7. The highest BCUT2D eigenvalue weighted by Gasteiger charge is 2.17. The summed E-state index contributed by atoms with van der Waals surface area (Å²) in [6, 6.07) is 12.1. The minimum absolute atomic E-state index is 0.0967. The molecule has 0 atom stereocenters. The third-order valence-electron chi connectivity index (χ3n) is 4.74. The summed E-state index contributed by atoms with van der Waals surface area (Å²) in [4.78, 5) is 24.4. The van der Waals surface area contributed by atoms with Crippen molar-refractivity contribution in [1.29, 1.82) is 0 Å². The molecule has 0 radical (unpaired) electrons. The number of carbonyl (C=O) groups excluding carboxylic acids is 2. The van der Waals surface area contributed by atoms with E-state index in [4.69, 9.17) is 14.2 Å². The molecule has 3 rings (SSSR count). The fourth-order valence-corrected chi connectivity index (χ4v) is 3.10. The maximum atomic E-state index is 12.5. The lowest BCUT2D eigenvalue weighted by molar-refractivity contribution is 0.0948. The lowest BCUT2D eigenvalue weighted by Crippen LogP contribution is -2.24. The number of carbonyl (C=O) groups is 2. The molecule has 0 aliphatic rings. The molecule has 9 heteroatoms. The van der Waals surface area contributed by atoms with Gasteiger partial charge in [-0.25, -0.2) is 0 Å². The number of aromatic amines is 1. The van der Waals surface area contributed by atoms with Crippen molar-refractivity contribution in [2.75, 3.05) is 34.9 Å². The van der Waals surface area contributed by atoms with Gasteiger partial charge < -0.3 is 24.8 Å². The van der Waals surface area contributed by atoms with Gasteiger partial charge in [0.15, 0.2) is 11.5 Å². The number of amides is 2. The summed E-state index contributed by atoms with van der Waals surface area (Å²) in [5.41, 5.74) is 2.54. The molecule has 0 bridgehead atoms. The number of rotatable bonds is 7. The Morgan fingerprint density at radius 3 is 2.33 bits per heavy atom. The lowest BCUT2D eigenvalue weighted by atomic mass is 10.1. The number of methoxy groups -OCH3 is 3. The van der Waals surface area contributed by atoms with Gasteiger partial charge in [-0.05, 0) is 30.3 Å². The molecule has 1 aromatic heterocycles. The fraction of sp³-hybridized carbons (Fsp3) is 0.208. The van der Waals surface area contributed by atoms with Gasteiger partial charge in [0, 0.05) is 18.2 Å². The Bertz CT molecular complexity index is 1200. The second-order valence-corrected chi connectivity index (χ2v) is 6.69. The number of nitrogens with one attached hydrogen (secondary N) is 3. The van der Waals surface area contributed by atoms with Crippen molar-refractivity contribution in [3.63, 3.8) is 0 Å². The van der Waals surface area contributed by atoms with Crippen molar-refractivity contribution in [3.8, 4) is 40.3 Å². The highest BCUT2D eigenvalue weighted by molar-refractivity contribution is 5.96. The smallest absolute Gasteiger partial charge is 0.270 e. The van der Waals surface area contributed by atoms with Gasteiger partial charge in [0.05, 0.1) is 39.1 Å². The van der Waals surface area contributed by atoms with E-state index in [0.717, 1.165) is 0 Å². The van der Waals surface area contributed by atoms with Gasteiger partial charge in [-0.1, -0.05) is 24.0 Å². The van der Waals surface area contributed by atoms with E-state index in [-0.39, 0.29) is 24.1 Å². The van der Waals surface area contributed by atoms with Crippen LogP contribution in [0.3, 0.4) is 0 Å². The van der Waals surface area contributed by atoms with Crippen molar-refractivity contribution < 1.29 is 23.8 Å². The largest absolute Gasteiger partial charge is 0.493 e. The van der Waals surface area contributed by atoms with Crippen molar-refractivity contribution >= 4 is 11.8 Å². The normalized spacial score (nSPS) is 9.94. The Kier molecular flexibility index (Phi) is 7.55. The SMILES string of the molecule is CNC(=O)c1ccccc1C#CCNC(=O)c1cc(-c2cc(OC)c(OC)c(OC)c2)n[nH]1. The molecule has 0 aliphatic carbocycles. The Morgan fingerprint density at radius 1 is 1.00 bits per heavy atom. The molecular formula is C24H24N4O5. The predicted molar refractivity (Wildman–Crippen MR) is 123 cm³/mol. The van der Waals surface area contributed by atoms with Crippen LogP contribution in [0, 0.1) is 11.8 Å². The van der Waals surface area contributed by atoms with E-state index < -0.39 is 0 Å². The highest BCUT2D eigenvalue weighted by atomic mass is 16.5.